The van der Waals surface area contributed by atoms with Gasteiger partial charge in [0, 0.05) is 42.3 Å². The molecule has 4 nitrogen and oxygen atoms in total. The van der Waals surface area contributed by atoms with Gasteiger partial charge in [-0.3, -0.25) is 9.78 Å². The zero-order chi connectivity index (χ0) is 15.8. The van der Waals surface area contributed by atoms with Gasteiger partial charge in [-0.05, 0) is 37.1 Å². The summed E-state index contributed by atoms with van der Waals surface area (Å²) in [5.41, 5.74) is 0.920. The third-order valence-corrected chi connectivity index (χ3v) is 4.59. The highest BCUT2D eigenvalue weighted by molar-refractivity contribution is 7.16. The van der Waals surface area contributed by atoms with Gasteiger partial charge in [0.25, 0.3) is 0 Å². The van der Waals surface area contributed by atoms with E-state index in [0.29, 0.717) is 25.8 Å². The molecule has 1 unspecified atom stereocenters. The number of aliphatic hydroxyl groups excluding tert-OH is 1. The summed E-state index contributed by atoms with van der Waals surface area (Å²) in [5, 5.41) is 12.3. The molecule has 0 bridgehead atoms. The van der Waals surface area contributed by atoms with Crippen molar-refractivity contribution in [3.05, 3.63) is 51.4 Å². The number of carbonyl (C=O) groups is 1. The molecule has 0 fully saturated rings. The Labute approximate surface area is 139 Å². The number of aliphatic hydroxyl groups is 1. The minimum Gasteiger partial charge on any atom is -0.396 e. The van der Waals surface area contributed by atoms with E-state index >= 15 is 0 Å². The minimum atomic E-state index is -0.0185. The lowest BCUT2D eigenvalue weighted by atomic mass is 10.0. The molecule has 2 aromatic rings. The van der Waals surface area contributed by atoms with Gasteiger partial charge in [-0.1, -0.05) is 17.7 Å². The number of aryl methyl sites for hydroxylation is 1. The summed E-state index contributed by atoms with van der Waals surface area (Å²) < 4.78 is 0.742. The molecular weight excluding hydrogens is 320 g/mol. The molecule has 118 valence electrons. The molecule has 1 atom stereocenters. The largest absolute Gasteiger partial charge is 0.396 e. The van der Waals surface area contributed by atoms with Gasteiger partial charge in [0.2, 0.25) is 5.91 Å². The molecular formula is C16H19ClN2O2S. The number of aromatic nitrogens is 1. The molecule has 2 aromatic heterocycles. The molecule has 0 radical (unpaired) electrons. The highest BCUT2D eigenvalue weighted by atomic mass is 35.5. The Morgan fingerprint density at radius 2 is 2.23 bits per heavy atom. The first-order valence-electron chi connectivity index (χ1n) is 7.19. The Kier molecular flexibility index (Phi) is 6.83. The van der Waals surface area contributed by atoms with Crippen LogP contribution in [0.3, 0.4) is 0 Å². The maximum absolute atomic E-state index is 11.9. The highest BCUT2D eigenvalue weighted by Gasteiger charge is 2.11. The molecule has 0 spiro atoms. The van der Waals surface area contributed by atoms with E-state index in [1.54, 1.807) is 6.20 Å². The summed E-state index contributed by atoms with van der Waals surface area (Å²) in [5.74, 6) is -0.0287. The molecule has 0 aliphatic rings. The Morgan fingerprint density at radius 1 is 1.36 bits per heavy atom. The monoisotopic (exact) mass is 338 g/mol. The van der Waals surface area contributed by atoms with E-state index < -0.39 is 0 Å². The summed E-state index contributed by atoms with van der Waals surface area (Å²) in [6.45, 7) is 0.481. The number of hydrogen-bond acceptors (Lipinski definition) is 4. The van der Waals surface area contributed by atoms with Crippen LogP contribution < -0.4 is 5.32 Å². The summed E-state index contributed by atoms with van der Waals surface area (Å²) in [4.78, 5) is 17.2. The van der Waals surface area contributed by atoms with Gasteiger partial charge in [0.1, 0.15) is 0 Å². The maximum atomic E-state index is 11.9. The summed E-state index contributed by atoms with van der Waals surface area (Å²) >= 11 is 7.36. The maximum Gasteiger partial charge on any atom is 0.220 e. The van der Waals surface area contributed by atoms with E-state index in [2.05, 4.69) is 10.3 Å². The number of hydrogen-bond donors (Lipinski definition) is 2. The first-order chi connectivity index (χ1) is 10.7. The Balaban J connectivity index is 1.71. The first kappa shape index (κ1) is 16.9. The van der Waals surface area contributed by atoms with Crippen molar-refractivity contribution in [2.45, 2.75) is 19.3 Å². The van der Waals surface area contributed by atoms with Gasteiger partial charge in [-0.2, -0.15) is 0 Å². The fraction of sp³-hybridized carbons (Fsp3) is 0.375. The van der Waals surface area contributed by atoms with E-state index in [1.165, 1.54) is 11.3 Å². The van der Waals surface area contributed by atoms with Gasteiger partial charge in [0.15, 0.2) is 0 Å². The third kappa shape index (κ3) is 5.75. The normalized spacial score (nSPS) is 12.1. The second-order valence-corrected chi connectivity index (χ2v) is 6.88. The summed E-state index contributed by atoms with van der Waals surface area (Å²) in [6, 6.07) is 9.48. The van der Waals surface area contributed by atoms with Crippen LogP contribution in [0, 0.1) is 5.92 Å². The van der Waals surface area contributed by atoms with Crippen LogP contribution in [-0.2, 0) is 17.6 Å². The van der Waals surface area contributed by atoms with E-state index in [1.807, 2.05) is 30.3 Å². The number of nitrogens with zero attached hydrogens (tertiary/aromatic N) is 1. The van der Waals surface area contributed by atoms with Gasteiger partial charge in [-0.25, -0.2) is 0 Å². The van der Waals surface area contributed by atoms with E-state index in [-0.39, 0.29) is 18.4 Å². The second kappa shape index (κ2) is 8.88. The molecule has 2 rings (SSSR count). The fourth-order valence-electron chi connectivity index (χ4n) is 2.09. The van der Waals surface area contributed by atoms with Crippen LogP contribution in [0.25, 0.3) is 0 Å². The zero-order valence-electron chi connectivity index (χ0n) is 12.2. The molecule has 0 aliphatic carbocycles. The number of pyridine rings is 1. The number of amides is 1. The number of nitrogens with one attached hydrogen (secondary N) is 1. The SMILES string of the molecule is O=C(CCc1ccc(Cl)s1)NCC(CO)Cc1ccccn1. The van der Waals surface area contributed by atoms with Gasteiger partial charge in [0.05, 0.1) is 4.34 Å². The predicted molar refractivity (Wildman–Crippen MR) is 89.2 cm³/mol. The van der Waals surface area contributed by atoms with Crippen LogP contribution in [0.15, 0.2) is 36.5 Å². The predicted octanol–water partition coefficient (Wildman–Crippen LogP) is 2.70. The molecule has 2 heterocycles. The van der Waals surface area contributed by atoms with Crippen LogP contribution >= 0.6 is 22.9 Å². The van der Waals surface area contributed by atoms with Crippen LogP contribution in [0.2, 0.25) is 4.34 Å². The molecule has 0 saturated carbocycles. The smallest absolute Gasteiger partial charge is 0.220 e. The van der Waals surface area contributed by atoms with Crippen LogP contribution in [-0.4, -0.2) is 29.1 Å². The van der Waals surface area contributed by atoms with E-state index in [9.17, 15) is 9.90 Å². The van der Waals surface area contributed by atoms with Gasteiger partial charge >= 0.3 is 0 Å². The third-order valence-electron chi connectivity index (χ3n) is 3.30. The number of rotatable bonds is 8. The van der Waals surface area contributed by atoms with Crippen molar-refractivity contribution in [2.24, 2.45) is 5.92 Å². The van der Waals surface area contributed by atoms with Crippen molar-refractivity contribution in [3.8, 4) is 0 Å². The van der Waals surface area contributed by atoms with Crippen LogP contribution in [0.5, 0.6) is 0 Å². The van der Waals surface area contributed by atoms with E-state index in [4.69, 9.17) is 11.6 Å². The van der Waals surface area contributed by atoms with Crippen molar-refractivity contribution in [3.63, 3.8) is 0 Å². The number of halogens is 1. The fourth-order valence-corrected chi connectivity index (χ4v) is 3.17. The molecule has 22 heavy (non-hydrogen) atoms. The van der Waals surface area contributed by atoms with Crippen molar-refractivity contribution < 1.29 is 9.90 Å². The van der Waals surface area contributed by atoms with Gasteiger partial charge in [-0.15, -0.1) is 11.3 Å². The van der Waals surface area contributed by atoms with E-state index in [0.717, 1.165) is 14.9 Å². The van der Waals surface area contributed by atoms with Crippen molar-refractivity contribution in [1.82, 2.24) is 10.3 Å². The van der Waals surface area contributed by atoms with Crippen molar-refractivity contribution in [1.29, 1.82) is 0 Å². The lowest BCUT2D eigenvalue weighted by molar-refractivity contribution is -0.121. The van der Waals surface area contributed by atoms with Gasteiger partial charge < -0.3 is 10.4 Å². The molecule has 0 aliphatic heterocycles. The molecule has 0 saturated heterocycles. The Morgan fingerprint density at radius 3 is 2.86 bits per heavy atom. The summed E-state index contributed by atoms with van der Waals surface area (Å²) in [7, 11) is 0. The number of thiophene rings is 1. The molecule has 2 N–H and O–H groups in total. The molecule has 0 aromatic carbocycles. The van der Waals surface area contributed by atoms with Crippen molar-refractivity contribution >= 4 is 28.8 Å². The average molecular weight is 339 g/mol. The topological polar surface area (TPSA) is 62.2 Å². The standard InChI is InChI=1S/C16H19ClN2O2S/c17-15-6-4-14(22-15)5-7-16(21)19-10-12(11-20)9-13-3-1-2-8-18-13/h1-4,6,8,12,20H,5,7,9-11H2,(H,19,21). The second-order valence-electron chi connectivity index (χ2n) is 5.08. The minimum absolute atomic E-state index is 0.0102. The first-order valence-corrected chi connectivity index (χ1v) is 8.38. The summed E-state index contributed by atoms with van der Waals surface area (Å²) in [6.07, 6.45) is 3.50. The lowest BCUT2D eigenvalue weighted by Crippen LogP contribution is -2.32. The van der Waals surface area contributed by atoms with Crippen LogP contribution in [0.4, 0.5) is 0 Å². The Bertz CT molecular complexity index is 589. The lowest BCUT2D eigenvalue weighted by Gasteiger charge is -2.14. The molecule has 6 heteroatoms. The highest BCUT2D eigenvalue weighted by Crippen LogP contribution is 2.22. The Hall–Kier alpha value is -1.43. The van der Waals surface area contributed by atoms with Crippen LogP contribution in [0.1, 0.15) is 17.0 Å². The van der Waals surface area contributed by atoms with Crippen molar-refractivity contribution in [2.75, 3.05) is 13.2 Å². The zero-order valence-corrected chi connectivity index (χ0v) is 13.7. The average Bonchev–Trinajstić information content (AvgIpc) is 2.96. The number of carbonyl (C=O) groups excluding carboxylic acids is 1. The quantitative estimate of drug-likeness (QED) is 0.778. The molecule has 1 amide bonds.